The van der Waals surface area contributed by atoms with Gasteiger partial charge in [-0.05, 0) is 31.0 Å². The van der Waals surface area contributed by atoms with Crippen molar-refractivity contribution in [3.05, 3.63) is 47.7 Å². The average Bonchev–Trinajstić information content (AvgIpc) is 2.97. The summed E-state index contributed by atoms with van der Waals surface area (Å²) >= 11 is 0. The van der Waals surface area contributed by atoms with E-state index in [9.17, 15) is 5.11 Å². The topological polar surface area (TPSA) is 65.6 Å². The summed E-state index contributed by atoms with van der Waals surface area (Å²) in [6, 6.07) is 11.7. The second-order valence-corrected chi connectivity index (χ2v) is 5.23. The molecule has 4 heteroatoms. The molecule has 1 aromatic carbocycles. The first kappa shape index (κ1) is 15.8. The Kier molecular flexibility index (Phi) is 5.56. The van der Waals surface area contributed by atoms with Crippen LogP contribution < -0.4 is 5.32 Å². The zero-order valence-electron chi connectivity index (χ0n) is 12.5. The van der Waals surface area contributed by atoms with E-state index in [1.54, 1.807) is 6.92 Å². The Morgan fingerprint density at radius 2 is 1.86 bits per heavy atom. The second kappa shape index (κ2) is 7.41. The third-order valence-electron chi connectivity index (χ3n) is 3.62. The van der Waals surface area contributed by atoms with Gasteiger partial charge in [-0.1, -0.05) is 31.2 Å². The third-order valence-corrected chi connectivity index (χ3v) is 3.62. The first-order chi connectivity index (χ1) is 10.1. The predicted octanol–water partition coefficient (Wildman–Crippen LogP) is 2.86. The third kappa shape index (κ3) is 4.17. The lowest BCUT2D eigenvalue weighted by atomic mass is 10.1. The fraction of sp³-hybridized carbons (Fsp3) is 0.412. The molecule has 0 aliphatic heterocycles. The molecule has 21 heavy (non-hydrogen) atoms. The minimum Gasteiger partial charge on any atom is -0.460 e. The maximum atomic E-state index is 9.51. The van der Waals surface area contributed by atoms with Gasteiger partial charge in [0.2, 0.25) is 0 Å². The number of furan rings is 1. The molecular formula is C17H23NO3. The SMILES string of the molecule is CC[C@@H](CO)NCc1ccc(-c2ccc([C@H](C)O)cc2)o1. The zero-order chi connectivity index (χ0) is 15.2. The van der Waals surface area contributed by atoms with Gasteiger partial charge in [-0.3, -0.25) is 0 Å². The fourth-order valence-electron chi connectivity index (χ4n) is 2.14. The molecule has 2 atom stereocenters. The minimum atomic E-state index is -0.458. The van der Waals surface area contributed by atoms with E-state index in [0.29, 0.717) is 6.54 Å². The molecule has 0 unspecified atom stereocenters. The smallest absolute Gasteiger partial charge is 0.134 e. The van der Waals surface area contributed by atoms with Crippen molar-refractivity contribution in [2.45, 2.75) is 39.0 Å². The van der Waals surface area contributed by atoms with Crippen molar-refractivity contribution in [2.75, 3.05) is 6.61 Å². The summed E-state index contributed by atoms with van der Waals surface area (Å²) in [7, 11) is 0. The maximum absolute atomic E-state index is 9.51. The summed E-state index contributed by atoms with van der Waals surface area (Å²) in [6.45, 7) is 4.51. The van der Waals surface area contributed by atoms with E-state index in [0.717, 1.165) is 29.1 Å². The summed E-state index contributed by atoms with van der Waals surface area (Å²) in [5, 5.41) is 21.9. The number of rotatable bonds is 7. The van der Waals surface area contributed by atoms with Crippen LogP contribution in [0.4, 0.5) is 0 Å². The van der Waals surface area contributed by atoms with Gasteiger partial charge < -0.3 is 19.9 Å². The van der Waals surface area contributed by atoms with Crippen LogP contribution in [-0.4, -0.2) is 22.9 Å². The summed E-state index contributed by atoms with van der Waals surface area (Å²) in [6.07, 6.45) is 0.421. The van der Waals surface area contributed by atoms with Gasteiger partial charge in [-0.2, -0.15) is 0 Å². The molecule has 0 bridgehead atoms. The van der Waals surface area contributed by atoms with E-state index >= 15 is 0 Å². The maximum Gasteiger partial charge on any atom is 0.134 e. The van der Waals surface area contributed by atoms with Gasteiger partial charge in [0.25, 0.3) is 0 Å². The van der Waals surface area contributed by atoms with E-state index < -0.39 is 6.10 Å². The van der Waals surface area contributed by atoms with E-state index in [4.69, 9.17) is 9.52 Å². The number of benzene rings is 1. The van der Waals surface area contributed by atoms with Crippen LogP contribution >= 0.6 is 0 Å². The summed E-state index contributed by atoms with van der Waals surface area (Å²) in [5.41, 5.74) is 1.88. The monoisotopic (exact) mass is 289 g/mol. The quantitative estimate of drug-likeness (QED) is 0.733. The number of aliphatic hydroxyl groups excluding tert-OH is 2. The van der Waals surface area contributed by atoms with Gasteiger partial charge in [0.05, 0.1) is 19.3 Å². The van der Waals surface area contributed by atoms with Crippen LogP contribution in [0.5, 0.6) is 0 Å². The van der Waals surface area contributed by atoms with Gasteiger partial charge in [0.15, 0.2) is 0 Å². The lowest BCUT2D eigenvalue weighted by molar-refractivity contribution is 0.199. The molecule has 0 fully saturated rings. The van der Waals surface area contributed by atoms with Crippen LogP contribution in [0.2, 0.25) is 0 Å². The van der Waals surface area contributed by atoms with Crippen molar-refractivity contribution in [1.82, 2.24) is 5.32 Å². The van der Waals surface area contributed by atoms with Gasteiger partial charge >= 0.3 is 0 Å². The predicted molar refractivity (Wildman–Crippen MR) is 82.8 cm³/mol. The summed E-state index contributed by atoms with van der Waals surface area (Å²) in [4.78, 5) is 0. The molecule has 114 valence electrons. The van der Waals surface area contributed by atoms with Gasteiger partial charge in [0, 0.05) is 11.6 Å². The zero-order valence-corrected chi connectivity index (χ0v) is 12.5. The van der Waals surface area contributed by atoms with Crippen LogP contribution in [-0.2, 0) is 6.54 Å². The Balaban J connectivity index is 2.02. The molecule has 0 radical (unpaired) electrons. The molecule has 0 aliphatic rings. The van der Waals surface area contributed by atoms with Crippen molar-refractivity contribution < 1.29 is 14.6 Å². The minimum absolute atomic E-state index is 0.101. The van der Waals surface area contributed by atoms with Crippen molar-refractivity contribution >= 4 is 0 Å². The Labute approximate surface area is 125 Å². The highest BCUT2D eigenvalue weighted by atomic mass is 16.3. The van der Waals surface area contributed by atoms with Crippen LogP contribution in [0.15, 0.2) is 40.8 Å². The number of hydrogen-bond acceptors (Lipinski definition) is 4. The Morgan fingerprint density at radius 3 is 2.43 bits per heavy atom. The second-order valence-electron chi connectivity index (χ2n) is 5.23. The first-order valence-electron chi connectivity index (χ1n) is 7.35. The van der Waals surface area contributed by atoms with Crippen LogP contribution in [0.25, 0.3) is 11.3 Å². The molecule has 2 rings (SSSR count). The number of hydrogen-bond donors (Lipinski definition) is 3. The Hall–Kier alpha value is -1.62. The highest BCUT2D eigenvalue weighted by Gasteiger charge is 2.08. The Bertz CT molecular complexity index is 541. The van der Waals surface area contributed by atoms with Crippen molar-refractivity contribution in [3.8, 4) is 11.3 Å². The fourth-order valence-corrected chi connectivity index (χ4v) is 2.14. The molecule has 0 spiro atoms. The van der Waals surface area contributed by atoms with Gasteiger partial charge in [-0.15, -0.1) is 0 Å². The van der Waals surface area contributed by atoms with E-state index in [-0.39, 0.29) is 12.6 Å². The number of aliphatic hydroxyl groups is 2. The standard InChI is InChI=1S/C17H23NO3/c1-3-15(11-19)18-10-16-8-9-17(21-16)14-6-4-13(5-7-14)12(2)20/h4-9,12,15,18-20H,3,10-11H2,1-2H3/t12-,15-/m0/s1. The highest BCUT2D eigenvalue weighted by molar-refractivity contribution is 5.58. The average molecular weight is 289 g/mol. The highest BCUT2D eigenvalue weighted by Crippen LogP contribution is 2.24. The molecule has 2 aromatic rings. The number of nitrogens with one attached hydrogen (secondary N) is 1. The molecule has 1 aromatic heterocycles. The van der Waals surface area contributed by atoms with E-state index in [1.807, 2.05) is 43.3 Å². The lowest BCUT2D eigenvalue weighted by Crippen LogP contribution is -2.30. The summed E-state index contributed by atoms with van der Waals surface area (Å²) in [5.74, 6) is 1.65. The van der Waals surface area contributed by atoms with Crippen LogP contribution in [0, 0.1) is 0 Å². The first-order valence-corrected chi connectivity index (χ1v) is 7.35. The Morgan fingerprint density at radius 1 is 1.14 bits per heavy atom. The molecular weight excluding hydrogens is 266 g/mol. The largest absolute Gasteiger partial charge is 0.460 e. The molecule has 3 N–H and O–H groups in total. The lowest BCUT2D eigenvalue weighted by Gasteiger charge is -2.12. The normalized spacial score (nSPS) is 14.1. The molecule has 0 saturated heterocycles. The molecule has 0 amide bonds. The molecule has 1 heterocycles. The molecule has 0 aliphatic carbocycles. The van der Waals surface area contributed by atoms with Crippen LogP contribution in [0.1, 0.15) is 37.7 Å². The van der Waals surface area contributed by atoms with Crippen molar-refractivity contribution in [1.29, 1.82) is 0 Å². The van der Waals surface area contributed by atoms with Gasteiger partial charge in [0.1, 0.15) is 11.5 Å². The van der Waals surface area contributed by atoms with Crippen molar-refractivity contribution in [2.24, 2.45) is 0 Å². The molecule has 0 saturated carbocycles. The van der Waals surface area contributed by atoms with Crippen LogP contribution in [0.3, 0.4) is 0 Å². The van der Waals surface area contributed by atoms with Gasteiger partial charge in [-0.25, -0.2) is 0 Å². The van der Waals surface area contributed by atoms with Crippen molar-refractivity contribution in [3.63, 3.8) is 0 Å². The summed E-state index contributed by atoms with van der Waals surface area (Å²) < 4.78 is 5.80. The van der Waals surface area contributed by atoms with E-state index in [2.05, 4.69) is 5.32 Å². The molecule has 4 nitrogen and oxygen atoms in total. The van der Waals surface area contributed by atoms with E-state index in [1.165, 1.54) is 0 Å².